The Balaban J connectivity index is 2.26. The summed E-state index contributed by atoms with van der Waals surface area (Å²) in [6, 6.07) is 5.80. The van der Waals surface area contributed by atoms with Gasteiger partial charge < -0.3 is 18.3 Å². The van der Waals surface area contributed by atoms with Gasteiger partial charge >= 0.3 is 6.36 Å². The van der Waals surface area contributed by atoms with Crippen molar-refractivity contribution in [3.8, 4) is 5.75 Å². The summed E-state index contributed by atoms with van der Waals surface area (Å²) in [5.41, 5.74) is 0.744. The Kier molecular flexibility index (Phi) is 8.63. The fourth-order valence-corrected chi connectivity index (χ4v) is 5.25. The Hall–Kier alpha value is -1.14. The highest BCUT2D eigenvalue weighted by Crippen LogP contribution is 2.41. The monoisotopic (exact) mass is 518 g/mol. The van der Waals surface area contributed by atoms with E-state index in [2.05, 4.69) is 72.5 Å². The second-order valence-corrected chi connectivity index (χ2v) is 21.6. The number of hydrogen-bond donors (Lipinski definition) is 0. The number of rotatable bonds is 7. The number of hydrogen-bond acceptors (Lipinski definition) is 4. The summed E-state index contributed by atoms with van der Waals surface area (Å²) >= 11 is 0. The van der Waals surface area contributed by atoms with Crippen molar-refractivity contribution in [2.45, 2.75) is 102 Å². The van der Waals surface area contributed by atoms with E-state index in [0.29, 0.717) is 6.61 Å². The highest BCUT2D eigenvalue weighted by molar-refractivity contribution is 6.74. The van der Waals surface area contributed by atoms with Gasteiger partial charge in [0.25, 0.3) is 0 Å². The van der Waals surface area contributed by atoms with Crippen LogP contribution in [-0.2, 0) is 13.6 Å². The lowest BCUT2D eigenvalue weighted by atomic mass is 10.0. The Bertz CT molecular complexity index is 838. The molecule has 34 heavy (non-hydrogen) atoms. The zero-order valence-electron chi connectivity index (χ0n) is 22.2. The third kappa shape index (κ3) is 7.68. The lowest BCUT2D eigenvalue weighted by Gasteiger charge is -2.43. The van der Waals surface area contributed by atoms with Crippen LogP contribution in [0.15, 0.2) is 36.4 Å². The van der Waals surface area contributed by atoms with Gasteiger partial charge in [0.05, 0.1) is 12.7 Å². The molecule has 0 amide bonds. The van der Waals surface area contributed by atoms with Gasteiger partial charge in [-0.25, -0.2) is 0 Å². The van der Waals surface area contributed by atoms with Crippen molar-refractivity contribution in [2.75, 3.05) is 6.61 Å². The number of ether oxygens (including phenoxy) is 2. The van der Waals surface area contributed by atoms with Gasteiger partial charge in [-0.3, -0.25) is 0 Å². The van der Waals surface area contributed by atoms with Crippen molar-refractivity contribution in [3.63, 3.8) is 0 Å². The summed E-state index contributed by atoms with van der Waals surface area (Å²) < 4.78 is 61.1. The van der Waals surface area contributed by atoms with Crippen LogP contribution in [0.4, 0.5) is 13.2 Å². The normalized spacial score (nSPS) is 22.7. The van der Waals surface area contributed by atoms with Gasteiger partial charge in [-0.05, 0) is 54.0 Å². The first-order chi connectivity index (χ1) is 15.2. The maximum absolute atomic E-state index is 12.5. The molecule has 3 atom stereocenters. The molecule has 1 aromatic carbocycles. The van der Waals surface area contributed by atoms with E-state index in [0.717, 1.165) is 5.56 Å². The topological polar surface area (TPSA) is 36.9 Å². The highest BCUT2D eigenvalue weighted by Gasteiger charge is 2.43. The van der Waals surface area contributed by atoms with E-state index in [1.54, 1.807) is 12.1 Å². The predicted octanol–water partition coefficient (Wildman–Crippen LogP) is 7.99. The molecule has 2 rings (SSSR count). The molecule has 0 fully saturated rings. The van der Waals surface area contributed by atoms with Crippen LogP contribution in [-0.4, -0.2) is 41.8 Å². The first-order valence-electron chi connectivity index (χ1n) is 11.7. The summed E-state index contributed by atoms with van der Waals surface area (Å²) in [6.07, 6.45) is -1.77. The number of alkyl halides is 3. The molecule has 0 spiro atoms. The minimum Gasteiger partial charge on any atom is -0.414 e. The van der Waals surface area contributed by atoms with Crippen LogP contribution >= 0.6 is 0 Å². The summed E-state index contributed by atoms with van der Waals surface area (Å²) in [4.78, 5) is 0. The standard InChI is InChI=1S/C25H41F3O4Si2/c1-23(2,3)33(7,8)29-17-22-21(32-34(9,10)24(4,5)6)16-15-20(30-22)18-11-13-19(14-12-18)31-25(26,27)28/h11-16,20-22H,17H2,1-10H3/t20-,21+,22-/m1/s1. The smallest absolute Gasteiger partial charge is 0.414 e. The Morgan fingerprint density at radius 3 is 1.82 bits per heavy atom. The van der Waals surface area contributed by atoms with Crippen LogP contribution in [0.5, 0.6) is 5.75 Å². The van der Waals surface area contributed by atoms with Crippen LogP contribution in [0.2, 0.25) is 36.3 Å². The molecule has 1 aromatic rings. The molecule has 1 aliphatic rings. The van der Waals surface area contributed by atoms with Crippen molar-refractivity contribution >= 4 is 16.6 Å². The van der Waals surface area contributed by atoms with Gasteiger partial charge in [-0.1, -0.05) is 65.8 Å². The molecule has 9 heteroatoms. The van der Waals surface area contributed by atoms with Crippen LogP contribution in [0.1, 0.15) is 53.2 Å². The van der Waals surface area contributed by atoms with Gasteiger partial charge in [-0.2, -0.15) is 0 Å². The fourth-order valence-electron chi connectivity index (χ4n) is 2.97. The molecule has 0 N–H and O–H groups in total. The van der Waals surface area contributed by atoms with Gasteiger partial charge in [0.15, 0.2) is 16.6 Å². The zero-order valence-corrected chi connectivity index (χ0v) is 24.2. The van der Waals surface area contributed by atoms with E-state index < -0.39 is 29.1 Å². The zero-order chi connectivity index (χ0) is 26.2. The van der Waals surface area contributed by atoms with Gasteiger partial charge in [-0.15, -0.1) is 13.2 Å². The first-order valence-corrected chi connectivity index (χ1v) is 17.5. The second kappa shape index (κ2) is 10.1. The van der Waals surface area contributed by atoms with Gasteiger partial charge in [0.2, 0.25) is 0 Å². The van der Waals surface area contributed by atoms with Crippen molar-refractivity contribution in [1.82, 2.24) is 0 Å². The van der Waals surface area contributed by atoms with Crippen LogP contribution in [0.25, 0.3) is 0 Å². The van der Waals surface area contributed by atoms with E-state index in [-0.39, 0.29) is 28.0 Å². The molecule has 194 valence electrons. The molecule has 1 heterocycles. The van der Waals surface area contributed by atoms with E-state index >= 15 is 0 Å². The summed E-state index contributed by atoms with van der Waals surface area (Å²) in [5, 5.41) is 0.0951. The van der Waals surface area contributed by atoms with Gasteiger partial charge in [0, 0.05) is 0 Å². The maximum Gasteiger partial charge on any atom is 0.573 e. The van der Waals surface area contributed by atoms with Gasteiger partial charge in [0.1, 0.15) is 18.0 Å². The SMILES string of the molecule is CC(C)(C)[Si](C)(C)OC[C@H]1O[C@@H](c2ccc(OC(F)(F)F)cc2)C=C[C@@H]1O[Si](C)(C)C(C)(C)C. The summed E-state index contributed by atoms with van der Waals surface area (Å²) in [6.45, 7) is 22.4. The number of benzene rings is 1. The molecule has 0 saturated heterocycles. The Labute approximate surface area is 205 Å². The van der Waals surface area contributed by atoms with Crippen molar-refractivity contribution in [2.24, 2.45) is 0 Å². The minimum absolute atomic E-state index is 0.0385. The van der Waals surface area contributed by atoms with E-state index in [4.69, 9.17) is 13.6 Å². The lowest BCUT2D eigenvalue weighted by Crippen LogP contribution is -2.51. The average Bonchev–Trinajstić information content (AvgIpc) is 2.64. The molecule has 0 aliphatic carbocycles. The second-order valence-electron chi connectivity index (χ2n) is 12.0. The quantitative estimate of drug-likeness (QED) is 0.271. The Morgan fingerprint density at radius 2 is 1.35 bits per heavy atom. The molecule has 0 unspecified atom stereocenters. The largest absolute Gasteiger partial charge is 0.573 e. The Morgan fingerprint density at radius 1 is 0.824 bits per heavy atom. The lowest BCUT2D eigenvalue weighted by molar-refractivity contribution is -0.274. The molecule has 0 bridgehead atoms. The van der Waals surface area contributed by atoms with Crippen molar-refractivity contribution in [3.05, 3.63) is 42.0 Å². The minimum atomic E-state index is -4.72. The molecule has 1 aliphatic heterocycles. The summed E-state index contributed by atoms with van der Waals surface area (Å²) in [5.74, 6) is -0.256. The van der Waals surface area contributed by atoms with Crippen LogP contribution in [0, 0.1) is 0 Å². The van der Waals surface area contributed by atoms with E-state index in [9.17, 15) is 13.2 Å². The van der Waals surface area contributed by atoms with E-state index in [1.165, 1.54) is 12.1 Å². The molecule has 4 nitrogen and oxygen atoms in total. The predicted molar refractivity (Wildman–Crippen MR) is 135 cm³/mol. The van der Waals surface area contributed by atoms with Crippen molar-refractivity contribution < 1.29 is 31.5 Å². The van der Waals surface area contributed by atoms with Crippen LogP contribution in [0.3, 0.4) is 0 Å². The maximum atomic E-state index is 12.5. The molecular formula is C25H41F3O4Si2. The number of halogens is 3. The molecule has 0 saturated carbocycles. The van der Waals surface area contributed by atoms with Crippen LogP contribution < -0.4 is 4.74 Å². The first kappa shape index (κ1) is 29.1. The molecule has 0 radical (unpaired) electrons. The van der Waals surface area contributed by atoms with Crippen molar-refractivity contribution in [1.29, 1.82) is 0 Å². The molecule has 0 aromatic heterocycles. The summed E-state index contributed by atoms with van der Waals surface area (Å²) in [7, 11) is -4.09. The molecular weight excluding hydrogens is 477 g/mol. The van der Waals surface area contributed by atoms with E-state index in [1.807, 2.05) is 12.2 Å². The average molecular weight is 519 g/mol. The fraction of sp³-hybridized carbons (Fsp3) is 0.680. The third-order valence-corrected chi connectivity index (χ3v) is 16.2. The third-order valence-electron chi connectivity index (χ3n) is 7.26. The highest BCUT2D eigenvalue weighted by atomic mass is 28.4.